The van der Waals surface area contributed by atoms with Gasteiger partial charge in [0.25, 0.3) is 11.4 Å². The van der Waals surface area contributed by atoms with Gasteiger partial charge in [-0.2, -0.15) is 4.58 Å². The van der Waals surface area contributed by atoms with E-state index in [4.69, 9.17) is 9.47 Å². The van der Waals surface area contributed by atoms with Crippen molar-refractivity contribution in [1.82, 2.24) is 0 Å². The third-order valence-electron chi connectivity index (χ3n) is 9.02. The van der Waals surface area contributed by atoms with Crippen molar-refractivity contribution in [1.29, 1.82) is 0 Å². The topological polar surface area (TPSA) is 111 Å². The van der Waals surface area contributed by atoms with Crippen molar-refractivity contribution in [3.05, 3.63) is 140 Å². The first-order valence-corrected chi connectivity index (χ1v) is 15.2. The summed E-state index contributed by atoms with van der Waals surface area (Å²) in [6.07, 6.45) is 14.0. The van der Waals surface area contributed by atoms with Crippen LogP contribution in [0.3, 0.4) is 0 Å². The lowest BCUT2D eigenvalue weighted by molar-refractivity contribution is -0.401. The number of nitro groups is 2. The Balaban J connectivity index is 1.42. The predicted octanol–water partition coefficient (Wildman–Crippen LogP) is 8.08. The van der Waals surface area contributed by atoms with Crippen molar-refractivity contribution >= 4 is 28.5 Å². The third kappa shape index (κ3) is 6.18. The van der Waals surface area contributed by atoms with Crippen molar-refractivity contribution < 1.29 is 23.9 Å². The van der Waals surface area contributed by atoms with Crippen molar-refractivity contribution in [3.63, 3.8) is 0 Å². The normalized spacial score (nSPS) is 17.3. The molecule has 5 rings (SSSR count). The van der Waals surface area contributed by atoms with Crippen LogP contribution in [0.25, 0.3) is 0 Å². The molecule has 0 aromatic heterocycles. The smallest absolute Gasteiger partial charge is 0.276 e. The van der Waals surface area contributed by atoms with E-state index in [2.05, 4.69) is 57.5 Å². The van der Waals surface area contributed by atoms with E-state index in [1.165, 1.54) is 23.4 Å². The Bertz CT molecular complexity index is 1880. The average Bonchev–Trinajstić information content (AvgIpc) is 3.37. The van der Waals surface area contributed by atoms with Gasteiger partial charge >= 0.3 is 0 Å². The molecule has 0 radical (unpaired) electrons. The molecule has 242 valence electrons. The molecule has 2 aliphatic rings. The maximum Gasteiger partial charge on any atom is 0.276 e. The van der Waals surface area contributed by atoms with E-state index in [0.29, 0.717) is 11.3 Å². The molecule has 0 atom stereocenters. The summed E-state index contributed by atoms with van der Waals surface area (Å²) in [5.41, 5.74) is 5.61. The molecule has 0 unspecified atom stereocenters. The van der Waals surface area contributed by atoms with E-state index in [1.807, 2.05) is 65.6 Å². The zero-order valence-corrected chi connectivity index (χ0v) is 27.7. The van der Waals surface area contributed by atoms with Crippen LogP contribution < -0.4 is 14.4 Å². The largest absolute Gasteiger partial charge is 0.497 e. The van der Waals surface area contributed by atoms with Gasteiger partial charge in [-0.25, -0.2) is 0 Å². The molecular formula is C37H39N4O6+. The van der Waals surface area contributed by atoms with Gasteiger partial charge in [-0.15, -0.1) is 0 Å². The number of methoxy groups -OCH3 is 2. The second-order valence-corrected chi connectivity index (χ2v) is 12.6. The van der Waals surface area contributed by atoms with Crippen LogP contribution in [0.15, 0.2) is 103 Å². The molecule has 0 bridgehead atoms. The summed E-state index contributed by atoms with van der Waals surface area (Å²) in [7, 11) is 5.37. The van der Waals surface area contributed by atoms with Crippen LogP contribution in [0.4, 0.5) is 22.7 Å². The maximum atomic E-state index is 11.6. The van der Waals surface area contributed by atoms with Crippen molar-refractivity contribution in [2.75, 3.05) is 26.2 Å². The van der Waals surface area contributed by atoms with Crippen LogP contribution in [-0.4, -0.2) is 41.4 Å². The molecule has 3 aromatic rings. The molecule has 0 saturated carbocycles. The number of hydrogen-bond acceptors (Lipinski definition) is 7. The van der Waals surface area contributed by atoms with E-state index < -0.39 is 15.3 Å². The van der Waals surface area contributed by atoms with Crippen molar-refractivity contribution in [2.24, 2.45) is 0 Å². The number of fused-ring (bicyclic) bond motifs is 2. The summed E-state index contributed by atoms with van der Waals surface area (Å²) in [5.74, 6) is 1.55. The molecule has 10 heteroatoms. The Labute approximate surface area is 274 Å². The van der Waals surface area contributed by atoms with E-state index in [0.717, 1.165) is 34.5 Å². The average molecular weight is 636 g/mol. The van der Waals surface area contributed by atoms with Gasteiger partial charge in [0, 0.05) is 53.2 Å². The number of ether oxygens (including phenoxy) is 2. The van der Waals surface area contributed by atoms with Crippen LogP contribution in [0.5, 0.6) is 11.5 Å². The van der Waals surface area contributed by atoms with Crippen LogP contribution in [0.1, 0.15) is 44.4 Å². The molecule has 0 spiro atoms. The lowest BCUT2D eigenvalue weighted by Crippen LogP contribution is -2.26. The summed E-state index contributed by atoms with van der Waals surface area (Å²) >= 11 is 0. The van der Waals surface area contributed by atoms with Gasteiger partial charge in [0.15, 0.2) is 5.71 Å². The number of allylic oxidation sites excluding steroid dienone is 8. The number of hydrogen-bond donors (Lipinski definition) is 0. The first-order valence-electron chi connectivity index (χ1n) is 15.2. The fourth-order valence-corrected chi connectivity index (χ4v) is 6.52. The number of nitro benzene ring substituents is 2. The van der Waals surface area contributed by atoms with Crippen molar-refractivity contribution in [2.45, 2.75) is 45.1 Å². The summed E-state index contributed by atoms with van der Waals surface area (Å²) < 4.78 is 13.2. The summed E-state index contributed by atoms with van der Waals surface area (Å²) in [6.45, 7) is 8.82. The lowest BCUT2D eigenvalue weighted by Gasteiger charge is -2.27. The Hall–Kier alpha value is -5.51. The van der Waals surface area contributed by atoms with Crippen LogP contribution >= 0.6 is 0 Å². The number of anilines is 1. The second kappa shape index (κ2) is 12.7. The molecule has 3 aromatic carbocycles. The molecule has 47 heavy (non-hydrogen) atoms. The molecule has 2 aliphatic heterocycles. The van der Waals surface area contributed by atoms with E-state index >= 15 is 0 Å². The highest BCUT2D eigenvalue weighted by molar-refractivity contribution is 6.03. The molecule has 2 heterocycles. The van der Waals surface area contributed by atoms with Crippen LogP contribution in [0.2, 0.25) is 0 Å². The first kappa shape index (κ1) is 32.9. The van der Waals surface area contributed by atoms with Crippen molar-refractivity contribution in [3.8, 4) is 11.5 Å². The molecule has 0 aliphatic carbocycles. The standard InChI is InChI=1S/C37H39N4O6/c1-36(2)30-22-28(46-6)15-17-32(30)38(5)34(36)13-11-9-8-10-12-14-35-37(3,4)31-23-29(47-7)16-18-33(31)39(35)24-25-19-26(40(42)43)21-27(20-25)41(44)45/h8-23H,24H2,1-7H3/q+1. The van der Waals surface area contributed by atoms with Gasteiger partial charge in [0.2, 0.25) is 5.69 Å². The summed E-state index contributed by atoms with van der Waals surface area (Å²) in [4.78, 5) is 24.0. The van der Waals surface area contributed by atoms with Crippen LogP contribution in [0, 0.1) is 20.2 Å². The minimum Gasteiger partial charge on any atom is -0.497 e. The maximum absolute atomic E-state index is 11.6. The number of benzene rings is 3. The molecule has 10 nitrogen and oxygen atoms in total. The van der Waals surface area contributed by atoms with Gasteiger partial charge in [0.1, 0.15) is 18.5 Å². The van der Waals surface area contributed by atoms with E-state index in [9.17, 15) is 20.2 Å². The Morgan fingerprint density at radius 2 is 1.34 bits per heavy atom. The third-order valence-corrected chi connectivity index (χ3v) is 9.02. The minimum atomic E-state index is -0.607. The number of nitrogens with zero attached hydrogens (tertiary/aromatic N) is 4. The van der Waals surface area contributed by atoms with Crippen LogP contribution in [-0.2, 0) is 17.4 Å². The van der Waals surface area contributed by atoms with Gasteiger partial charge < -0.3 is 14.4 Å². The quantitative estimate of drug-likeness (QED) is 0.0958. The van der Waals surface area contributed by atoms with E-state index in [1.54, 1.807) is 14.2 Å². The predicted molar refractivity (Wildman–Crippen MR) is 184 cm³/mol. The van der Waals surface area contributed by atoms with Gasteiger partial charge in [-0.1, -0.05) is 44.2 Å². The molecule has 0 saturated heterocycles. The molecule has 0 fully saturated rings. The van der Waals surface area contributed by atoms with Gasteiger partial charge in [-0.05, 0) is 61.4 Å². The summed E-state index contributed by atoms with van der Waals surface area (Å²) in [6, 6.07) is 15.7. The summed E-state index contributed by atoms with van der Waals surface area (Å²) in [5, 5.41) is 23.1. The lowest BCUT2D eigenvalue weighted by atomic mass is 9.81. The highest BCUT2D eigenvalue weighted by Gasteiger charge is 2.43. The highest BCUT2D eigenvalue weighted by Crippen LogP contribution is 2.50. The SMILES string of the molecule is COc1ccc2c(c1)C(C)(C)C(/C=C/C=C/C=C/C=C1/N(Cc3cc([N+](=O)[O-])cc([N+](=O)[O-])c3)c3ccc(OC)cc3C1(C)C)=[N+]2C. The highest BCUT2D eigenvalue weighted by atomic mass is 16.6. The van der Waals surface area contributed by atoms with Gasteiger partial charge in [-0.3, -0.25) is 20.2 Å². The Kier molecular flexibility index (Phi) is 8.89. The monoisotopic (exact) mass is 635 g/mol. The fourth-order valence-electron chi connectivity index (χ4n) is 6.52. The Morgan fingerprint density at radius 1 is 0.766 bits per heavy atom. The molecular weight excluding hydrogens is 596 g/mol. The molecule has 0 amide bonds. The number of non-ortho nitro benzene ring substituents is 2. The Morgan fingerprint density at radius 3 is 1.96 bits per heavy atom. The minimum absolute atomic E-state index is 0.183. The zero-order chi connectivity index (χ0) is 34.1. The number of rotatable bonds is 10. The second-order valence-electron chi connectivity index (χ2n) is 12.6. The van der Waals surface area contributed by atoms with Gasteiger partial charge in [0.05, 0.1) is 35.5 Å². The fraction of sp³-hybridized carbons (Fsp3) is 0.270. The first-order chi connectivity index (χ1) is 22.3. The molecule has 0 N–H and O–H groups in total. The zero-order valence-electron chi connectivity index (χ0n) is 27.7. The van der Waals surface area contributed by atoms with E-state index in [-0.39, 0.29) is 23.3 Å².